The van der Waals surface area contributed by atoms with Crippen LogP contribution in [0, 0.1) is 5.92 Å². The fraction of sp³-hybridized carbons (Fsp3) is 0.800. The third kappa shape index (κ3) is 3.43. The molecule has 0 radical (unpaired) electrons. The molecule has 0 aliphatic carbocycles. The molecule has 0 aromatic carbocycles. The van der Waals surface area contributed by atoms with Gasteiger partial charge in [-0.3, -0.25) is 0 Å². The Morgan fingerprint density at radius 1 is 1.57 bits per heavy atom. The highest BCUT2D eigenvalue weighted by Gasteiger charge is 2.49. The number of halogens is 1. The van der Waals surface area contributed by atoms with Gasteiger partial charge in [0.25, 0.3) is 0 Å². The predicted molar refractivity (Wildman–Crippen MR) is 73.9 cm³/mol. The summed E-state index contributed by atoms with van der Waals surface area (Å²) in [4.78, 5) is 6.56. The van der Waals surface area contributed by atoms with Gasteiger partial charge in [0.15, 0.2) is 0 Å². The highest BCUT2D eigenvalue weighted by Crippen LogP contribution is 2.31. The minimum Gasteiger partial charge on any atom is -0.393 e. The molecule has 0 amide bonds. The molecule has 1 aliphatic heterocycles. The van der Waals surface area contributed by atoms with Gasteiger partial charge in [0.1, 0.15) is 16.7 Å². The van der Waals surface area contributed by atoms with Crippen LogP contribution in [-0.2, 0) is 11.2 Å². The maximum Gasteiger partial charge on any atom is 0.234 e. The van der Waals surface area contributed by atoms with Crippen molar-refractivity contribution in [2.24, 2.45) is 11.0 Å². The van der Waals surface area contributed by atoms with Crippen molar-refractivity contribution >= 4 is 23.1 Å². The van der Waals surface area contributed by atoms with Gasteiger partial charge in [-0.25, -0.2) is 4.98 Å². The van der Waals surface area contributed by atoms with E-state index in [1.54, 1.807) is 0 Å². The Balaban J connectivity index is 2.09. The highest BCUT2D eigenvalue weighted by atomic mass is 35.5. The number of aliphatic hydroxyl groups is 3. The summed E-state index contributed by atoms with van der Waals surface area (Å²) in [7, 11) is 0. The van der Waals surface area contributed by atoms with Gasteiger partial charge in [0.05, 0.1) is 25.9 Å². The fourth-order valence-corrected chi connectivity index (χ4v) is 3.12. The van der Waals surface area contributed by atoms with Crippen molar-refractivity contribution in [3.05, 3.63) is 20.7 Å². The topological polar surface area (TPSA) is 144 Å². The number of azide groups is 1. The lowest BCUT2D eigenvalue weighted by molar-refractivity contribution is -0.228. The van der Waals surface area contributed by atoms with Crippen LogP contribution >= 0.6 is 23.1 Å². The molecule has 1 saturated heterocycles. The van der Waals surface area contributed by atoms with Crippen molar-refractivity contribution in [1.29, 1.82) is 0 Å². The Hall–Kier alpha value is -1.00. The lowest BCUT2D eigenvalue weighted by Crippen LogP contribution is -2.62. The zero-order valence-electron chi connectivity index (χ0n) is 10.8. The fourth-order valence-electron chi connectivity index (χ4n) is 2.23. The molecule has 21 heavy (non-hydrogen) atoms. The first-order valence-corrected chi connectivity index (χ1v) is 7.27. The summed E-state index contributed by atoms with van der Waals surface area (Å²) < 4.78 is 9.32. The molecule has 11 heteroatoms. The highest BCUT2D eigenvalue weighted by molar-refractivity contribution is 7.05. The van der Waals surface area contributed by atoms with Gasteiger partial charge in [-0.1, -0.05) is 5.11 Å². The van der Waals surface area contributed by atoms with Crippen LogP contribution in [0.4, 0.5) is 0 Å². The second-order valence-electron chi connectivity index (χ2n) is 4.78. The molecule has 1 unspecified atom stereocenters. The molecule has 2 rings (SSSR count). The molecule has 0 spiro atoms. The van der Waals surface area contributed by atoms with E-state index in [0.29, 0.717) is 11.4 Å². The second-order valence-corrected chi connectivity index (χ2v) is 5.95. The Morgan fingerprint density at radius 3 is 2.90 bits per heavy atom. The normalized spacial score (nSPS) is 32.7. The molecule has 1 fully saturated rings. The molecule has 2 heterocycles. The van der Waals surface area contributed by atoms with Crippen LogP contribution in [0.5, 0.6) is 0 Å². The standard InChI is InChI=1S/C10H14ClN5O4S/c11-9-14-6(21-15-9)1-5-2-20-10(4-17,3-13-16-12)8(19)7(5)18/h5,7-8,17-19H,1-4H2/t5?,7-,8-,10+/m1/s1. The Bertz CT molecular complexity index is 539. The lowest BCUT2D eigenvalue weighted by atomic mass is 9.82. The minimum absolute atomic E-state index is 0.0803. The first-order valence-electron chi connectivity index (χ1n) is 6.12. The lowest BCUT2D eigenvalue weighted by Gasteiger charge is -2.45. The van der Waals surface area contributed by atoms with Gasteiger partial charge in [-0.15, -0.1) is 0 Å². The van der Waals surface area contributed by atoms with E-state index >= 15 is 0 Å². The molecular formula is C10H14ClN5O4S. The Morgan fingerprint density at radius 2 is 2.33 bits per heavy atom. The largest absolute Gasteiger partial charge is 0.393 e. The number of ether oxygens (including phenoxy) is 1. The summed E-state index contributed by atoms with van der Waals surface area (Å²) in [6, 6.07) is 0. The van der Waals surface area contributed by atoms with Gasteiger partial charge in [0, 0.05) is 17.3 Å². The molecule has 3 N–H and O–H groups in total. The summed E-state index contributed by atoms with van der Waals surface area (Å²) in [5.74, 6) is -0.422. The van der Waals surface area contributed by atoms with Crippen LogP contribution < -0.4 is 0 Å². The van der Waals surface area contributed by atoms with E-state index in [0.717, 1.165) is 11.5 Å². The third-order valence-electron chi connectivity index (χ3n) is 3.48. The summed E-state index contributed by atoms with van der Waals surface area (Å²) >= 11 is 6.74. The van der Waals surface area contributed by atoms with E-state index in [4.69, 9.17) is 21.9 Å². The molecule has 1 aliphatic rings. The Kier molecular flexibility index (Phi) is 5.33. The molecule has 9 nitrogen and oxygen atoms in total. The number of aliphatic hydroxyl groups excluding tert-OH is 3. The molecule has 4 atom stereocenters. The molecule has 1 aromatic rings. The van der Waals surface area contributed by atoms with Gasteiger partial charge < -0.3 is 20.1 Å². The zero-order valence-corrected chi connectivity index (χ0v) is 12.4. The van der Waals surface area contributed by atoms with E-state index in [-0.39, 0.29) is 18.4 Å². The summed E-state index contributed by atoms with van der Waals surface area (Å²) in [6.45, 7) is -0.756. The molecule has 0 saturated carbocycles. The zero-order chi connectivity index (χ0) is 15.5. The number of aromatic nitrogens is 2. The second kappa shape index (κ2) is 6.84. The van der Waals surface area contributed by atoms with E-state index in [1.807, 2.05) is 0 Å². The van der Waals surface area contributed by atoms with E-state index in [9.17, 15) is 15.3 Å². The first-order chi connectivity index (χ1) is 10.0. The quantitative estimate of drug-likeness (QED) is 0.396. The van der Waals surface area contributed by atoms with Gasteiger partial charge in [-0.2, -0.15) is 4.37 Å². The average Bonchev–Trinajstić information content (AvgIpc) is 2.89. The van der Waals surface area contributed by atoms with E-state index < -0.39 is 30.3 Å². The van der Waals surface area contributed by atoms with Crippen LogP contribution in [0.1, 0.15) is 5.01 Å². The summed E-state index contributed by atoms with van der Waals surface area (Å²) in [5, 5.41) is 33.9. The predicted octanol–water partition coefficient (Wildman–Crippen LogP) is 0.144. The van der Waals surface area contributed by atoms with Crippen LogP contribution in [0.3, 0.4) is 0 Å². The maximum atomic E-state index is 10.2. The maximum absolute atomic E-state index is 10.2. The Labute approximate surface area is 128 Å². The smallest absolute Gasteiger partial charge is 0.234 e. The van der Waals surface area contributed by atoms with Crippen molar-refractivity contribution in [3.63, 3.8) is 0 Å². The van der Waals surface area contributed by atoms with Crippen molar-refractivity contribution < 1.29 is 20.1 Å². The average molecular weight is 336 g/mol. The number of rotatable bonds is 5. The SMILES string of the molecule is [N-]=[N+]=NC[C@@]1(CO)OCC(Cc2nc(Cl)ns2)[C@@H](O)[C@H]1O. The third-order valence-corrected chi connectivity index (χ3v) is 4.48. The number of hydrogen-bond acceptors (Lipinski definition) is 8. The molecule has 1 aromatic heterocycles. The summed E-state index contributed by atoms with van der Waals surface area (Å²) in [6.07, 6.45) is -2.19. The van der Waals surface area contributed by atoms with Crippen LogP contribution in [-0.4, -0.2) is 62.2 Å². The van der Waals surface area contributed by atoms with Crippen LogP contribution in [0.15, 0.2) is 5.11 Å². The number of nitrogens with zero attached hydrogens (tertiary/aromatic N) is 5. The van der Waals surface area contributed by atoms with Gasteiger partial charge in [-0.05, 0) is 28.7 Å². The van der Waals surface area contributed by atoms with E-state index in [1.165, 1.54) is 0 Å². The number of hydrogen-bond donors (Lipinski definition) is 3. The van der Waals surface area contributed by atoms with Crippen molar-refractivity contribution in [2.45, 2.75) is 24.2 Å². The first kappa shape index (κ1) is 16.4. The minimum atomic E-state index is -1.49. The van der Waals surface area contributed by atoms with Crippen LogP contribution in [0.2, 0.25) is 5.28 Å². The molecule has 0 bridgehead atoms. The van der Waals surface area contributed by atoms with Crippen molar-refractivity contribution in [1.82, 2.24) is 9.36 Å². The van der Waals surface area contributed by atoms with Gasteiger partial charge in [0.2, 0.25) is 5.28 Å². The van der Waals surface area contributed by atoms with Gasteiger partial charge >= 0.3 is 0 Å². The molecule has 116 valence electrons. The monoisotopic (exact) mass is 335 g/mol. The van der Waals surface area contributed by atoms with E-state index in [2.05, 4.69) is 19.4 Å². The van der Waals surface area contributed by atoms with Crippen molar-refractivity contribution in [3.8, 4) is 0 Å². The van der Waals surface area contributed by atoms with Crippen LogP contribution in [0.25, 0.3) is 10.4 Å². The summed E-state index contributed by atoms with van der Waals surface area (Å²) in [5.41, 5.74) is 6.87. The van der Waals surface area contributed by atoms with Crippen molar-refractivity contribution in [2.75, 3.05) is 19.8 Å². The molecular weight excluding hydrogens is 322 g/mol.